The number of aryl methyl sites for hydroxylation is 2. The molecule has 1 unspecified atom stereocenters. The van der Waals surface area contributed by atoms with Crippen LogP contribution in [-0.4, -0.2) is 41.8 Å². The van der Waals surface area contributed by atoms with Gasteiger partial charge in [-0.25, -0.2) is 0 Å². The van der Waals surface area contributed by atoms with Crippen LogP contribution in [0.5, 0.6) is 0 Å². The zero-order valence-electron chi connectivity index (χ0n) is 19.3. The van der Waals surface area contributed by atoms with E-state index in [2.05, 4.69) is 34.4 Å². The molecule has 0 aliphatic carbocycles. The normalized spacial score (nSPS) is 15.6. The van der Waals surface area contributed by atoms with Crippen LogP contribution in [0.15, 0.2) is 42.5 Å². The lowest BCUT2D eigenvalue weighted by molar-refractivity contribution is -0.156. The number of H-pyrrole nitrogens is 1. The van der Waals surface area contributed by atoms with Gasteiger partial charge in [0.25, 0.3) is 5.91 Å². The molecule has 35 heavy (non-hydrogen) atoms. The van der Waals surface area contributed by atoms with Crippen LogP contribution in [0.25, 0.3) is 0 Å². The summed E-state index contributed by atoms with van der Waals surface area (Å²) in [5.41, 5.74) is 6.75. The Morgan fingerprint density at radius 2 is 1.77 bits per heavy atom. The van der Waals surface area contributed by atoms with Gasteiger partial charge in [-0.05, 0) is 67.9 Å². The molecule has 1 aromatic heterocycles. The molecule has 2 N–H and O–H groups in total. The van der Waals surface area contributed by atoms with E-state index in [4.69, 9.17) is 28.0 Å². The first-order valence-corrected chi connectivity index (χ1v) is 11.4. The summed E-state index contributed by atoms with van der Waals surface area (Å²) in [5.74, 6) is 0.0696. The van der Waals surface area contributed by atoms with Crippen LogP contribution < -0.4 is 5.32 Å². The summed E-state index contributed by atoms with van der Waals surface area (Å²) in [6, 6.07) is 13.7. The minimum Gasteiger partial charge on any atom is -0.362 e. The maximum Gasteiger partial charge on any atom is 0.446 e. The molecule has 10 heteroatoms. The fraction of sp³-hybridized carbons (Fsp3) is 0.280. The Morgan fingerprint density at radius 1 is 1.14 bits per heavy atom. The molecule has 0 radical (unpaired) electrons. The molecule has 1 aliphatic heterocycles. The molecule has 3 aromatic rings. The number of amides is 1. The van der Waals surface area contributed by atoms with E-state index in [1.807, 2.05) is 44.2 Å². The second-order valence-electron chi connectivity index (χ2n) is 8.43. The Hall–Kier alpha value is -2.81. The highest BCUT2D eigenvalue weighted by Crippen LogP contribution is 2.38. The van der Waals surface area contributed by atoms with Crippen LogP contribution in [-0.2, 0) is 11.3 Å². The van der Waals surface area contributed by atoms with Gasteiger partial charge in [0.05, 0.1) is 5.56 Å². The van der Waals surface area contributed by atoms with Crippen LogP contribution in [0.2, 0.25) is 10.0 Å². The number of carbonyl (C=O) groups is 2. The summed E-state index contributed by atoms with van der Waals surface area (Å²) in [4.78, 5) is 26.7. The highest BCUT2D eigenvalue weighted by Gasteiger charge is 2.27. The van der Waals surface area contributed by atoms with Crippen LogP contribution in [0.4, 0.5) is 18.9 Å². The topological polar surface area (TPSA) is 65.2 Å². The lowest BCUT2D eigenvalue weighted by atomic mass is 9.84. The van der Waals surface area contributed by atoms with E-state index in [9.17, 15) is 18.0 Å². The van der Waals surface area contributed by atoms with Crippen molar-refractivity contribution in [1.29, 1.82) is 0 Å². The molecular formula is C25H24Cl2F3N3O2. The molecule has 0 bridgehead atoms. The van der Waals surface area contributed by atoms with Crippen LogP contribution >= 0.6 is 23.2 Å². The molecule has 1 aliphatic rings. The van der Waals surface area contributed by atoms with Crippen molar-refractivity contribution in [2.24, 2.45) is 0 Å². The number of carbonyl (C=O) groups excluding carboxylic acids is 2. The summed E-state index contributed by atoms with van der Waals surface area (Å²) in [6.45, 7) is 5.54. The SMILES string of the molecule is Cc1cc(C(=O)Nc2ccc(C3CN(C)Cc4c(Cl)cc(Cl)cc43)cc2)c(C)[nH]1.O=CC(F)(F)F. The number of benzene rings is 2. The van der Waals surface area contributed by atoms with E-state index in [1.165, 1.54) is 11.1 Å². The lowest BCUT2D eigenvalue weighted by Crippen LogP contribution is -2.31. The third kappa shape index (κ3) is 6.87. The van der Waals surface area contributed by atoms with Crippen molar-refractivity contribution in [2.45, 2.75) is 32.5 Å². The van der Waals surface area contributed by atoms with Crippen LogP contribution in [0.1, 0.15) is 44.4 Å². The number of hydrogen-bond donors (Lipinski definition) is 2. The Morgan fingerprint density at radius 3 is 2.31 bits per heavy atom. The Kier molecular flexibility index (Phi) is 8.30. The standard InChI is InChI=1S/C23H23Cl2N3O.C2HF3O/c1-13-8-18(14(2)26-13)23(29)27-17-6-4-15(5-7-17)20-11-28(3)12-21-19(20)9-16(24)10-22(21)25;3-2(4,5)1-6/h4-10,20,26H,11-12H2,1-3H3,(H,27,29);1H. The van der Waals surface area contributed by atoms with Gasteiger partial charge in [-0.15, -0.1) is 0 Å². The van der Waals surface area contributed by atoms with Gasteiger partial charge in [0.1, 0.15) is 0 Å². The number of aldehydes is 1. The fourth-order valence-corrected chi connectivity index (χ4v) is 4.66. The molecule has 0 fully saturated rings. The first-order chi connectivity index (χ1) is 16.4. The van der Waals surface area contributed by atoms with Crippen molar-refractivity contribution in [3.05, 3.63) is 86.2 Å². The highest BCUT2D eigenvalue weighted by atomic mass is 35.5. The molecule has 2 heterocycles. The Labute approximate surface area is 211 Å². The number of aromatic amines is 1. The van der Waals surface area contributed by atoms with Crippen LogP contribution in [0, 0.1) is 13.8 Å². The zero-order valence-corrected chi connectivity index (χ0v) is 20.8. The molecule has 0 spiro atoms. The summed E-state index contributed by atoms with van der Waals surface area (Å²) >= 11 is 12.7. The number of rotatable bonds is 3. The maximum absolute atomic E-state index is 12.5. The van der Waals surface area contributed by atoms with Gasteiger partial charge in [0.2, 0.25) is 6.29 Å². The molecule has 186 valence electrons. The van der Waals surface area contributed by atoms with E-state index in [1.54, 1.807) is 0 Å². The highest BCUT2D eigenvalue weighted by molar-refractivity contribution is 6.35. The van der Waals surface area contributed by atoms with E-state index in [-0.39, 0.29) is 11.8 Å². The van der Waals surface area contributed by atoms with E-state index < -0.39 is 12.5 Å². The van der Waals surface area contributed by atoms with Gasteiger partial charge in [0.15, 0.2) is 0 Å². The third-order valence-electron chi connectivity index (χ3n) is 5.59. The van der Waals surface area contributed by atoms with Gasteiger partial charge < -0.3 is 15.2 Å². The van der Waals surface area contributed by atoms with Crippen molar-refractivity contribution >= 4 is 41.1 Å². The van der Waals surface area contributed by atoms with Gasteiger partial charge in [-0.3, -0.25) is 9.59 Å². The largest absolute Gasteiger partial charge is 0.446 e. The molecule has 4 rings (SSSR count). The average Bonchev–Trinajstić information content (AvgIpc) is 3.12. The average molecular weight is 526 g/mol. The van der Waals surface area contributed by atoms with Crippen molar-refractivity contribution in [3.63, 3.8) is 0 Å². The first-order valence-electron chi connectivity index (χ1n) is 10.6. The number of alkyl halides is 3. The first kappa shape index (κ1) is 26.8. The number of anilines is 1. The van der Waals surface area contributed by atoms with Gasteiger partial charge in [-0.2, -0.15) is 13.2 Å². The lowest BCUT2D eigenvalue weighted by Gasteiger charge is -2.33. The number of nitrogens with one attached hydrogen (secondary N) is 2. The fourth-order valence-electron chi connectivity index (χ4n) is 4.09. The monoisotopic (exact) mass is 525 g/mol. The zero-order chi connectivity index (χ0) is 25.9. The molecular weight excluding hydrogens is 502 g/mol. The summed E-state index contributed by atoms with van der Waals surface area (Å²) in [5, 5.41) is 4.35. The van der Waals surface area contributed by atoms with Gasteiger partial charge in [0, 0.05) is 46.1 Å². The number of hydrogen-bond acceptors (Lipinski definition) is 3. The molecule has 5 nitrogen and oxygen atoms in total. The predicted molar refractivity (Wildman–Crippen MR) is 131 cm³/mol. The summed E-state index contributed by atoms with van der Waals surface area (Å²) in [6.07, 6.45) is -5.70. The van der Waals surface area contributed by atoms with E-state index in [0.717, 1.165) is 35.7 Å². The molecule has 1 atom stereocenters. The number of aromatic nitrogens is 1. The maximum atomic E-state index is 12.5. The Balaban J connectivity index is 0.000000509. The van der Waals surface area contributed by atoms with Gasteiger partial charge in [-0.1, -0.05) is 35.3 Å². The number of halogens is 5. The van der Waals surface area contributed by atoms with Crippen molar-refractivity contribution in [1.82, 2.24) is 9.88 Å². The van der Waals surface area contributed by atoms with Crippen molar-refractivity contribution in [2.75, 3.05) is 18.9 Å². The molecule has 1 amide bonds. The van der Waals surface area contributed by atoms with Gasteiger partial charge >= 0.3 is 6.18 Å². The quantitative estimate of drug-likeness (QED) is 0.382. The second kappa shape index (κ2) is 10.8. The molecule has 2 aromatic carbocycles. The van der Waals surface area contributed by atoms with E-state index >= 15 is 0 Å². The van der Waals surface area contributed by atoms with Crippen LogP contribution in [0.3, 0.4) is 0 Å². The summed E-state index contributed by atoms with van der Waals surface area (Å²) in [7, 11) is 2.09. The minimum absolute atomic E-state index is 0.110. The number of nitrogens with zero attached hydrogens (tertiary/aromatic N) is 1. The van der Waals surface area contributed by atoms with E-state index in [0.29, 0.717) is 15.6 Å². The number of fused-ring (bicyclic) bond motifs is 1. The molecule has 0 saturated carbocycles. The third-order valence-corrected chi connectivity index (χ3v) is 6.15. The second-order valence-corrected chi connectivity index (χ2v) is 9.27. The smallest absolute Gasteiger partial charge is 0.362 e. The Bertz CT molecular complexity index is 1220. The van der Waals surface area contributed by atoms with Crippen molar-refractivity contribution in [3.8, 4) is 0 Å². The molecule has 0 saturated heterocycles. The number of likely N-dealkylation sites (N-methyl/N-ethyl adjacent to an activating group) is 1. The predicted octanol–water partition coefficient (Wildman–Crippen LogP) is 6.52. The van der Waals surface area contributed by atoms with Crippen molar-refractivity contribution < 1.29 is 22.8 Å². The summed E-state index contributed by atoms with van der Waals surface area (Å²) < 4.78 is 31.2. The minimum atomic E-state index is -4.64.